The Balaban J connectivity index is 4.35. The molecule has 6 heteroatoms. The van der Waals surface area contributed by atoms with Crippen molar-refractivity contribution in [1.82, 2.24) is 0 Å². The second kappa shape index (κ2) is 3.22. The third-order valence-corrected chi connectivity index (χ3v) is 1.44. The van der Waals surface area contributed by atoms with Crippen LogP contribution in [0.25, 0.3) is 0 Å². The molecule has 0 atom stereocenters. The fourth-order valence-corrected chi connectivity index (χ4v) is 0.457. The number of aliphatic carboxylic acids is 1. The molecule has 10 heavy (non-hydrogen) atoms. The molecule has 2 nitrogen and oxygen atoms in total. The summed E-state index contributed by atoms with van der Waals surface area (Å²) in [4.78, 5) is 9.68. The molecule has 0 aliphatic heterocycles. The van der Waals surface area contributed by atoms with Crippen molar-refractivity contribution in [2.75, 3.05) is 0 Å². The minimum atomic E-state index is -4.54. The molecule has 0 fully saturated rings. The number of carboxylic acid groups (broad SMARTS) is 1. The summed E-state index contributed by atoms with van der Waals surface area (Å²) in [6.45, 7) is 0. The van der Waals surface area contributed by atoms with Crippen molar-refractivity contribution in [2.45, 2.75) is 6.18 Å². The third-order valence-electron chi connectivity index (χ3n) is 0.521. The van der Waals surface area contributed by atoms with Crippen LogP contribution in [0.15, 0.2) is 9.66 Å². The summed E-state index contributed by atoms with van der Waals surface area (Å²) in [5, 5.41) is 7.87. The highest BCUT2D eigenvalue weighted by Crippen LogP contribution is 2.30. The number of rotatable bonds is 1. The van der Waals surface area contributed by atoms with Crippen LogP contribution in [0.4, 0.5) is 13.2 Å². The molecule has 0 unspecified atom stereocenters. The molecule has 1 N–H and O–H groups in total. The van der Waals surface area contributed by atoms with Gasteiger partial charge in [-0.2, -0.15) is 13.2 Å². The number of hydrogen-bond acceptors (Lipinski definition) is 1. The smallest absolute Gasteiger partial charge is 0.422 e. The van der Waals surface area contributed by atoms with Crippen molar-refractivity contribution in [3.8, 4) is 0 Å². The summed E-state index contributed by atoms with van der Waals surface area (Å²) in [5.74, 6) is -1.60. The summed E-state index contributed by atoms with van der Waals surface area (Å²) in [6, 6.07) is 0. The van der Waals surface area contributed by atoms with Gasteiger partial charge in [-0.05, 0) is 22.6 Å². The van der Waals surface area contributed by atoms with Gasteiger partial charge in [-0.15, -0.1) is 0 Å². The summed E-state index contributed by atoms with van der Waals surface area (Å²) in [7, 11) is 0. The van der Waals surface area contributed by atoms with Gasteiger partial charge in [0.15, 0.2) is 0 Å². The Morgan fingerprint density at radius 2 is 1.90 bits per heavy atom. The van der Waals surface area contributed by atoms with Crippen LogP contribution in [0.2, 0.25) is 0 Å². The molecule has 0 aliphatic carbocycles. The van der Waals surface area contributed by atoms with Gasteiger partial charge < -0.3 is 5.11 Å². The van der Waals surface area contributed by atoms with Gasteiger partial charge in [0.05, 0.1) is 0 Å². The Morgan fingerprint density at radius 1 is 1.50 bits per heavy atom. The van der Waals surface area contributed by atoms with E-state index in [9.17, 15) is 18.0 Å². The van der Waals surface area contributed by atoms with Crippen molar-refractivity contribution < 1.29 is 23.1 Å². The van der Waals surface area contributed by atoms with Crippen LogP contribution in [-0.2, 0) is 4.79 Å². The molecule has 0 amide bonds. The predicted octanol–water partition coefficient (Wildman–Crippen LogP) is 1.95. The van der Waals surface area contributed by atoms with Gasteiger partial charge in [0.2, 0.25) is 0 Å². The molecule has 0 saturated heterocycles. The first-order valence-corrected chi connectivity index (χ1v) is 3.09. The zero-order valence-electron chi connectivity index (χ0n) is 4.44. The number of alkyl halides is 3. The Labute approximate surface area is 67.9 Å². The van der Waals surface area contributed by atoms with Gasteiger partial charge in [-0.25, -0.2) is 4.79 Å². The van der Waals surface area contributed by atoms with E-state index in [-0.39, 0.29) is 6.08 Å². The summed E-state index contributed by atoms with van der Waals surface area (Å²) >= 11 is 0.919. The number of allylic oxidation sites excluding steroid dienone is 1. The lowest BCUT2D eigenvalue weighted by atomic mass is 10.5. The quantitative estimate of drug-likeness (QED) is 0.581. The van der Waals surface area contributed by atoms with Crippen molar-refractivity contribution in [3.05, 3.63) is 9.66 Å². The Kier molecular flexibility index (Phi) is 3.13. The van der Waals surface area contributed by atoms with Crippen LogP contribution in [0, 0.1) is 0 Å². The maximum absolute atomic E-state index is 11.5. The molecule has 0 aromatic rings. The maximum Gasteiger partial charge on any atom is 0.422 e. The summed E-state index contributed by atoms with van der Waals surface area (Å²) in [6.07, 6.45) is -4.43. The van der Waals surface area contributed by atoms with Gasteiger partial charge in [0, 0.05) is 6.08 Å². The van der Waals surface area contributed by atoms with Crippen LogP contribution < -0.4 is 0 Å². The fourth-order valence-electron chi connectivity index (χ4n) is 0.190. The van der Waals surface area contributed by atoms with E-state index in [0.29, 0.717) is 0 Å². The molecular weight excluding hydrogens is 264 g/mol. The Hall–Kier alpha value is -0.270. The van der Waals surface area contributed by atoms with E-state index in [0.717, 1.165) is 22.6 Å². The highest BCUT2D eigenvalue weighted by molar-refractivity contribution is 14.1. The zero-order chi connectivity index (χ0) is 8.36. The zero-order valence-corrected chi connectivity index (χ0v) is 6.60. The molecule has 0 radical (unpaired) electrons. The maximum atomic E-state index is 11.5. The summed E-state index contributed by atoms with van der Waals surface area (Å²) < 4.78 is 33.3. The number of hydrogen-bond donors (Lipinski definition) is 1. The molecule has 0 aliphatic rings. The monoisotopic (exact) mass is 266 g/mol. The Bertz CT molecular complexity index is 172. The van der Waals surface area contributed by atoms with Crippen LogP contribution in [-0.4, -0.2) is 17.3 Å². The normalized spacial score (nSPS) is 13.4. The van der Waals surface area contributed by atoms with E-state index < -0.39 is 15.7 Å². The molecular formula is C4H2F3IO2. The molecule has 0 saturated carbocycles. The summed E-state index contributed by atoms with van der Waals surface area (Å²) in [5.41, 5.74) is 0. The van der Waals surface area contributed by atoms with E-state index >= 15 is 0 Å². The molecule has 0 aromatic carbocycles. The average Bonchev–Trinajstić information content (AvgIpc) is 1.60. The first-order chi connectivity index (χ1) is 4.34. The van der Waals surface area contributed by atoms with E-state index in [1.54, 1.807) is 0 Å². The second-order valence-corrected chi connectivity index (χ2v) is 2.49. The molecule has 58 valence electrons. The van der Waals surface area contributed by atoms with E-state index in [2.05, 4.69) is 0 Å². The largest absolute Gasteiger partial charge is 0.478 e. The number of halogens is 4. The van der Waals surface area contributed by atoms with E-state index in [4.69, 9.17) is 5.11 Å². The predicted molar refractivity (Wildman–Crippen MR) is 35.8 cm³/mol. The van der Waals surface area contributed by atoms with Crippen molar-refractivity contribution in [1.29, 1.82) is 0 Å². The van der Waals surface area contributed by atoms with Crippen molar-refractivity contribution >= 4 is 28.6 Å². The van der Waals surface area contributed by atoms with E-state index in [1.807, 2.05) is 0 Å². The molecule has 0 spiro atoms. The van der Waals surface area contributed by atoms with Gasteiger partial charge in [-0.3, -0.25) is 0 Å². The lowest BCUT2D eigenvalue weighted by Gasteiger charge is -2.01. The van der Waals surface area contributed by atoms with Crippen LogP contribution in [0.5, 0.6) is 0 Å². The lowest BCUT2D eigenvalue weighted by molar-refractivity contribution is -0.132. The second-order valence-electron chi connectivity index (χ2n) is 1.33. The van der Waals surface area contributed by atoms with Gasteiger partial charge in [0.25, 0.3) is 0 Å². The minimum absolute atomic E-state index is 0.112. The lowest BCUT2D eigenvalue weighted by Crippen LogP contribution is -2.08. The highest BCUT2D eigenvalue weighted by atomic mass is 127. The SMILES string of the molecule is O=C(O)/C=C(/I)C(F)(F)F. The topological polar surface area (TPSA) is 37.3 Å². The highest BCUT2D eigenvalue weighted by Gasteiger charge is 2.32. The average molecular weight is 266 g/mol. The standard InChI is InChI=1S/C4H2F3IO2/c5-4(6,7)2(8)1-3(9)10/h1H,(H,9,10)/b2-1+. The molecule has 0 rings (SSSR count). The Morgan fingerprint density at radius 3 is 2.00 bits per heavy atom. The molecule has 0 aromatic heterocycles. The van der Waals surface area contributed by atoms with Crippen LogP contribution >= 0.6 is 22.6 Å². The minimum Gasteiger partial charge on any atom is -0.478 e. The molecule has 0 heterocycles. The van der Waals surface area contributed by atoms with E-state index in [1.165, 1.54) is 0 Å². The van der Waals surface area contributed by atoms with Gasteiger partial charge in [0.1, 0.15) is 3.58 Å². The third kappa shape index (κ3) is 3.70. The first kappa shape index (κ1) is 9.73. The van der Waals surface area contributed by atoms with Gasteiger partial charge in [-0.1, -0.05) is 0 Å². The molecule has 0 bridgehead atoms. The van der Waals surface area contributed by atoms with Crippen molar-refractivity contribution in [2.24, 2.45) is 0 Å². The van der Waals surface area contributed by atoms with Crippen LogP contribution in [0.3, 0.4) is 0 Å². The van der Waals surface area contributed by atoms with Crippen LogP contribution in [0.1, 0.15) is 0 Å². The van der Waals surface area contributed by atoms with Crippen molar-refractivity contribution in [3.63, 3.8) is 0 Å². The first-order valence-electron chi connectivity index (χ1n) is 2.01. The fraction of sp³-hybridized carbons (Fsp3) is 0.250. The number of carbonyl (C=O) groups is 1. The number of carboxylic acids is 1. The van der Waals surface area contributed by atoms with Gasteiger partial charge >= 0.3 is 12.1 Å².